The molecular weight excluding hydrogens is 216 g/mol. The molecule has 4 heteroatoms. The SMILES string of the molecule is CCOCCCNC(=O)c1ccc(NC)cc1. The van der Waals surface area contributed by atoms with E-state index >= 15 is 0 Å². The lowest BCUT2D eigenvalue weighted by Gasteiger charge is -2.06. The molecule has 0 heterocycles. The number of benzene rings is 1. The van der Waals surface area contributed by atoms with Gasteiger partial charge in [0, 0.05) is 38.1 Å². The Labute approximate surface area is 102 Å². The zero-order valence-corrected chi connectivity index (χ0v) is 10.5. The molecule has 0 saturated carbocycles. The van der Waals surface area contributed by atoms with Crippen LogP contribution in [0.2, 0.25) is 0 Å². The smallest absolute Gasteiger partial charge is 0.251 e. The first kappa shape index (κ1) is 13.5. The van der Waals surface area contributed by atoms with Gasteiger partial charge in [0.25, 0.3) is 5.91 Å². The highest BCUT2D eigenvalue weighted by molar-refractivity contribution is 5.94. The first-order valence-electron chi connectivity index (χ1n) is 5.91. The average molecular weight is 236 g/mol. The van der Waals surface area contributed by atoms with E-state index in [4.69, 9.17) is 4.74 Å². The van der Waals surface area contributed by atoms with E-state index in [9.17, 15) is 4.79 Å². The summed E-state index contributed by atoms with van der Waals surface area (Å²) in [6.07, 6.45) is 0.841. The summed E-state index contributed by atoms with van der Waals surface area (Å²) in [7, 11) is 1.85. The fraction of sp³-hybridized carbons (Fsp3) is 0.462. The van der Waals surface area contributed by atoms with Crippen LogP contribution in [-0.2, 0) is 4.74 Å². The van der Waals surface area contributed by atoms with Gasteiger partial charge in [0.1, 0.15) is 0 Å². The standard InChI is InChI=1S/C13H20N2O2/c1-3-17-10-4-9-15-13(16)11-5-7-12(14-2)8-6-11/h5-8,14H,3-4,9-10H2,1-2H3,(H,15,16). The van der Waals surface area contributed by atoms with Gasteiger partial charge in [-0.2, -0.15) is 0 Å². The van der Waals surface area contributed by atoms with Crippen LogP contribution in [0.4, 0.5) is 5.69 Å². The summed E-state index contributed by atoms with van der Waals surface area (Å²) in [5, 5.41) is 5.87. The number of carbonyl (C=O) groups excluding carboxylic acids is 1. The molecule has 1 amide bonds. The molecule has 0 spiro atoms. The maximum atomic E-state index is 11.7. The minimum absolute atomic E-state index is 0.0378. The maximum Gasteiger partial charge on any atom is 0.251 e. The molecule has 0 fully saturated rings. The third-order valence-corrected chi connectivity index (χ3v) is 2.39. The quantitative estimate of drug-likeness (QED) is 0.711. The summed E-state index contributed by atoms with van der Waals surface area (Å²) in [6.45, 7) is 4.02. The molecule has 0 aromatic heterocycles. The number of ether oxygens (including phenoxy) is 1. The summed E-state index contributed by atoms with van der Waals surface area (Å²) >= 11 is 0. The van der Waals surface area contributed by atoms with Crippen molar-refractivity contribution in [2.45, 2.75) is 13.3 Å². The number of nitrogens with one attached hydrogen (secondary N) is 2. The van der Waals surface area contributed by atoms with Crippen LogP contribution < -0.4 is 10.6 Å². The molecule has 0 radical (unpaired) electrons. The van der Waals surface area contributed by atoms with Gasteiger partial charge in [0.15, 0.2) is 0 Å². The van der Waals surface area contributed by atoms with Gasteiger partial charge in [-0.25, -0.2) is 0 Å². The molecule has 1 aromatic carbocycles. The summed E-state index contributed by atoms with van der Waals surface area (Å²) in [4.78, 5) is 11.7. The van der Waals surface area contributed by atoms with E-state index in [1.165, 1.54) is 0 Å². The summed E-state index contributed by atoms with van der Waals surface area (Å²) in [5.74, 6) is -0.0378. The topological polar surface area (TPSA) is 50.4 Å². The third kappa shape index (κ3) is 4.87. The first-order chi connectivity index (χ1) is 8.27. The predicted molar refractivity (Wildman–Crippen MR) is 69.4 cm³/mol. The lowest BCUT2D eigenvalue weighted by atomic mass is 10.2. The van der Waals surface area contributed by atoms with Gasteiger partial charge < -0.3 is 15.4 Å². The monoisotopic (exact) mass is 236 g/mol. The van der Waals surface area contributed by atoms with Gasteiger partial charge in [-0.15, -0.1) is 0 Å². The van der Waals surface area contributed by atoms with E-state index < -0.39 is 0 Å². The molecule has 0 bridgehead atoms. The van der Waals surface area contributed by atoms with Gasteiger partial charge in [-0.3, -0.25) is 4.79 Å². The summed E-state index contributed by atoms with van der Waals surface area (Å²) < 4.78 is 5.19. The van der Waals surface area contributed by atoms with Crippen molar-refractivity contribution in [3.05, 3.63) is 29.8 Å². The largest absolute Gasteiger partial charge is 0.388 e. The van der Waals surface area contributed by atoms with E-state index in [1.807, 2.05) is 38.2 Å². The van der Waals surface area contributed by atoms with E-state index in [1.54, 1.807) is 0 Å². The third-order valence-electron chi connectivity index (χ3n) is 2.39. The molecule has 4 nitrogen and oxygen atoms in total. The fourth-order valence-corrected chi connectivity index (χ4v) is 1.41. The maximum absolute atomic E-state index is 11.7. The molecule has 0 unspecified atom stereocenters. The van der Waals surface area contributed by atoms with Gasteiger partial charge in [-0.05, 0) is 37.6 Å². The molecule has 17 heavy (non-hydrogen) atoms. The second-order valence-electron chi connectivity index (χ2n) is 3.63. The van der Waals surface area contributed by atoms with Crippen LogP contribution in [0, 0.1) is 0 Å². The van der Waals surface area contributed by atoms with Crippen LogP contribution in [0.3, 0.4) is 0 Å². The highest BCUT2D eigenvalue weighted by Crippen LogP contribution is 2.08. The van der Waals surface area contributed by atoms with Crippen molar-refractivity contribution in [3.63, 3.8) is 0 Å². The molecule has 2 N–H and O–H groups in total. The Hall–Kier alpha value is -1.55. The number of hydrogen-bond acceptors (Lipinski definition) is 3. The minimum atomic E-state index is -0.0378. The summed E-state index contributed by atoms with van der Waals surface area (Å²) in [6, 6.07) is 7.39. The second-order valence-corrected chi connectivity index (χ2v) is 3.63. The van der Waals surface area contributed by atoms with Crippen LogP contribution in [0.25, 0.3) is 0 Å². The fourth-order valence-electron chi connectivity index (χ4n) is 1.41. The van der Waals surface area contributed by atoms with E-state index in [0.717, 1.165) is 18.7 Å². The van der Waals surface area contributed by atoms with Gasteiger partial charge in [0.2, 0.25) is 0 Å². The Balaban J connectivity index is 2.31. The molecule has 94 valence electrons. The first-order valence-corrected chi connectivity index (χ1v) is 5.91. The van der Waals surface area contributed by atoms with Crippen LogP contribution >= 0.6 is 0 Å². The van der Waals surface area contributed by atoms with Crippen LogP contribution in [0.15, 0.2) is 24.3 Å². The lowest BCUT2D eigenvalue weighted by molar-refractivity contribution is 0.0944. The molecule has 0 aliphatic heterocycles. The predicted octanol–water partition coefficient (Wildman–Crippen LogP) is 1.88. The van der Waals surface area contributed by atoms with Crippen LogP contribution in [0.5, 0.6) is 0 Å². The number of anilines is 1. The zero-order chi connectivity index (χ0) is 12.5. The zero-order valence-electron chi connectivity index (χ0n) is 10.5. The molecule has 0 aliphatic rings. The highest BCUT2D eigenvalue weighted by atomic mass is 16.5. The Morgan fingerprint density at radius 1 is 1.29 bits per heavy atom. The number of rotatable bonds is 7. The van der Waals surface area contributed by atoms with Gasteiger partial charge >= 0.3 is 0 Å². The molecule has 0 aliphatic carbocycles. The molecule has 0 atom stereocenters. The van der Waals surface area contributed by atoms with Crippen molar-refractivity contribution in [1.82, 2.24) is 5.32 Å². The van der Waals surface area contributed by atoms with Crippen LogP contribution in [0.1, 0.15) is 23.7 Å². The average Bonchev–Trinajstić information content (AvgIpc) is 2.38. The van der Waals surface area contributed by atoms with Crippen molar-refractivity contribution in [3.8, 4) is 0 Å². The van der Waals surface area contributed by atoms with Crippen molar-refractivity contribution < 1.29 is 9.53 Å². The van der Waals surface area contributed by atoms with Crippen molar-refractivity contribution in [2.24, 2.45) is 0 Å². The normalized spacial score (nSPS) is 10.0. The Kier molecular flexibility index (Phi) is 6.10. The second kappa shape index (κ2) is 7.68. The van der Waals surface area contributed by atoms with E-state index in [2.05, 4.69) is 10.6 Å². The number of hydrogen-bond donors (Lipinski definition) is 2. The molecule has 1 rings (SSSR count). The number of amides is 1. The van der Waals surface area contributed by atoms with Gasteiger partial charge in [0.05, 0.1) is 0 Å². The molecule has 0 saturated heterocycles. The Morgan fingerprint density at radius 3 is 2.59 bits per heavy atom. The lowest BCUT2D eigenvalue weighted by Crippen LogP contribution is -2.25. The Bertz CT molecular complexity index is 336. The summed E-state index contributed by atoms with van der Waals surface area (Å²) in [5.41, 5.74) is 1.68. The highest BCUT2D eigenvalue weighted by Gasteiger charge is 2.03. The minimum Gasteiger partial charge on any atom is -0.388 e. The number of carbonyl (C=O) groups is 1. The van der Waals surface area contributed by atoms with Crippen molar-refractivity contribution >= 4 is 11.6 Å². The molecule has 1 aromatic rings. The Morgan fingerprint density at radius 2 is 2.00 bits per heavy atom. The van der Waals surface area contributed by atoms with Crippen molar-refractivity contribution in [1.29, 1.82) is 0 Å². The van der Waals surface area contributed by atoms with E-state index in [0.29, 0.717) is 18.7 Å². The van der Waals surface area contributed by atoms with E-state index in [-0.39, 0.29) is 5.91 Å². The molecular formula is C13H20N2O2. The van der Waals surface area contributed by atoms with Crippen LogP contribution in [-0.4, -0.2) is 32.7 Å². The van der Waals surface area contributed by atoms with Gasteiger partial charge in [-0.1, -0.05) is 0 Å². The van der Waals surface area contributed by atoms with Crippen molar-refractivity contribution in [2.75, 3.05) is 32.1 Å².